The molecular weight excluding hydrogens is 230 g/mol. The molecule has 90 valence electrons. The summed E-state index contributed by atoms with van der Waals surface area (Å²) in [6.45, 7) is 6.59. The molecule has 1 aromatic heterocycles. The van der Waals surface area contributed by atoms with Crippen molar-refractivity contribution < 1.29 is 0 Å². The summed E-state index contributed by atoms with van der Waals surface area (Å²) in [6.07, 6.45) is 0. The molecule has 3 nitrogen and oxygen atoms in total. The molecule has 3 rings (SSSR count). The topological polar surface area (TPSA) is 19.4 Å². The third kappa shape index (κ3) is 2.15. The van der Waals surface area contributed by atoms with Gasteiger partial charge in [-0.2, -0.15) is 0 Å². The van der Waals surface area contributed by atoms with E-state index in [1.54, 1.807) is 0 Å². The van der Waals surface area contributed by atoms with Crippen molar-refractivity contribution >= 4 is 26.7 Å². The summed E-state index contributed by atoms with van der Waals surface area (Å²) >= 11 is 1.82. The number of hydrogen-bond acceptors (Lipinski definition) is 4. The minimum Gasteiger partial charge on any atom is -0.345 e. The van der Waals surface area contributed by atoms with Crippen molar-refractivity contribution in [1.29, 1.82) is 0 Å². The monoisotopic (exact) mass is 247 g/mol. The second kappa shape index (κ2) is 4.27. The minimum absolute atomic E-state index is 1.09. The Morgan fingerprint density at radius 2 is 1.94 bits per heavy atom. The molecular formula is C13H17N3S. The highest BCUT2D eigenvalue weighted by Gasteiger charge is 2.17. The van der Waals surface area contributed by atoms with Gasteiger partial charge in [0.25, 0.3) is 0 Å². The molecule has 0 bridgehead atoms. The van der Waals surface area contributed by atoms with Crippen LogP contribution in [0.2, 0.25) is 0 Å². The molecule has 4 heteroatoms. The summed E-state index contributed by atoms with van der Waals surface area (Å²) in [6, 6.07) is 6.49. The molecule has 0 radical (unpaired) electrons. The number of nitrogens with zero attached hydrogens (tertiary/aromatic N) is 3. The van der Waals surface area contributed by atoms with E-state index in [2.05, 4.69) is 42.0 Å². The minimum atomic E-state index is 1.09. The lowest BCUT2D eigenvalue weighted by Crippen LogP contribution is -2.44. The summed E-state index contributed by atoms with van der Waals surface area (Å²) in [5.74, 6) is 0. The predicted molar refractivity (Wildman–Crippen MR) is 74.1 cm³/mol. The molecule has 0 saturated carbocycles. The van der Waals surface area contributed by atoms with Crippen LogP contribution in [0.15, 0.2) is 18.2 Å². The van der Waals surface area contributed by atoms with Crippen LogP contribution < -0.4 is 4.90 Å². The Hall–Kier alpha value is -1.13. The van der Waals surface area contributed by atoms with Gasteiger partial charge in [0.15, 0.2) is 5.13 Å². The molecule has 1 saturated heterocycles. The summed E-state index contributed by atoms with van der Waals surface area (Å²) < 4.78 is 1.30. The van der Waals surface area contributed by atoms with Crippen molar-refractivity contribution in [3.8, 4) is 0 Å². The van der Waals surface area contributed by atoms with Crippen LogP contribution in [-0.4, -0.2) is 43.1 Å². The molecule has 1 fully saturated rings. The Bertz CT molecular complexity index is 526. The van der Waals surface area contributed by atoms with Crippen LogP contribution in [0.3, 0.4) is 0 Å². The van der Waals surface area contributed by atoms with Crippen molar-refractivity contribution in [1.82, 2.24) is 9.88 Å². The number of rotatable bonds is 1. The van der Waals surface area contributed by atoms with Gasteiger partial charge in [0, 0.05) is 26.2 Å². The van der Waals surface area contributed by atoms with E-state index in [1.165, 1.54) is 15.4 Å². The lowest BCUT2D eigenvalue weighted by molar-refractivity contribution is 0.313. The van der Waals surface area contributed by atoms with Gasteiger partial charge in [-0.1, -0.05) is 17.4 Å². The molecule has 0 amide bonds. The van der Waals surface area contributed by atoms with Gasteiger partial charge in [0.2, 0.25) is 0 Å². The average Bonchev–Trinajstić information content (AvgIpc) is 2.72. The maximum Gasteiger partial charge on any atom is 0.186 e. The zero-order chi connectivity index (χ0) is 11.8. The number of hydrogen-bond donors (Lipinski definition) is 0. The number of piperazine rings is 1. The zero-order valence-corrected chi connectivity index (χ0v) is 11.1. The van der Waals surface area contributed by atoms with Crippen LogP contribution in [0, 0.1) is 6.92 Å². The van der Waals surface area contributed by atoms with Crippen LogP contribution in [0.4, 0.5) is 5.13 Å². The Labute approximate surface area is 106 Å². The van der Waals surface area contributed by atoms with E-state index in [9.17, 15) is 0 Å². The molecule has 1 aliphatic rings. The Morgan fingerprint density at radius 1 is 1.18 bits per heavy atom. The molecule has 0 spiro atoms. The van der Waals surface area contributed by atoms with Crippen molar-refractivity contribution in [3.05, 3.63) is 23.8 Å². The molecule has 1 aromatic carbocycles. The summed E-state index contributed by atoms with van der Waals surface area (Å²) in [5.41, 5.74) is 2.45. The summed E-state index contributed by atoms with van der Waals surface area (Å²) in [7, 11) is 2.18. The smallest absolute Gasteiger partial charge is 0.186 e. The zero-order valence-electron chi connectivity index (χ0n) is 10.3. The highest BCUT2D eigenvalue weighted by atomic mass is 32.1. The lowest BCUT2D eigenvalue weighted by Gasteiger charge is -2.32. The normalized spacial score (nSPS) is 17.9. The number of aryl methyl sites for hydroxylation is 1. The van der Waals surface area contributed by atoms with Crippen molar-refractivity contribution in [2.24, 2.45) is 0 Å². The SMILES string of the molecule is Cc1ccc2nc(N3CCN(C)CC3)sc2c1. The van der Waals surface area contributed by atoms with Gasteiger partial charge in [0.05, 0.1) is 10.2 Å². The number of fused-ring (bicyclic) bond motifs is 1. The van der Waals surface area contributed by atoms with E-state index in [0.717, 1.165) is 31.7 Å². The van der Waals surface area contributed by atoms with Gasteiger partial charge in [0.1, 0.15) is 0 Å². The van der Waals surface area contributed by atoms with Crippen LogP contribution in [0.25, 0.3) is 10.2 Å². The molecule has 1 aliphatic heterocycles. The number of likely N-dealkylation sites (N-methyl/N-ethyl adjacent to an activating group) is 1. The maximum atomic E-state index is 4.73. The van der Waals surface area contributed by atoms with Gasteiger partial charge >= 0.3 is 0 Å². The van der Waals surface area contributed by atoms with E-state index in [0.29, 0.717) is 0 Å². The van der Waals surface area contributed by atoms with Crippen LogP contribution >= 0.6 is 11.3 Å². The molecule has 0 atom stereocenters. The number of thiazole rings is 1. The Kier molecular flexibility index (Phi) is 2.76. The largest absolute Gasteiger partial charge is 0.345 e. The average molecular weight is 247 g/mol. The second-order valence-corrected chi connectivity index (χ2v) is 5.77. The fourth-order valence-electron chi connectivity index (χ4n) is 2.15. The van der Waals surface area contributed by atoms with Gasteiger partial charge < -0.3 is 9.80 Å². The van der Waals surface area contributed by atoms with Gasteiger partial charge in [-0.15, -0.1) is 0 Å². The Morgan fingerprint density at radius 3 is 2.71 bits per heavy atom. The molecule has 0 N–H and O–H groups in total. The van der Waals surface area contributed by atoms with E-state index >= 15 is 0 Å². The van der Waals surface area contributed by atoms with Crippen molar-refractivity contribution in [2.45, 2.75) is 6.92 Å². The highest BCUT2D eigenvalue weighted by molar-refractivity contribution is 7.22. The first-order chi connectivity index (χ1) is 8.22. The number of aromatic nitrogens is 1. The first-order valence-corrected chi connectivity index (χ1v) is 6.85. The summed E-state index contributed by atoms with van der Waals surface area (Å²) in [4.78, 5) is 9.50. The predicted octanol–water partition coefficient (Wildman–Crippen LogP) is 2.36. The van der Waals surface area contributed by atoms with Gasteiger partial charge in [-0.05, 0) is 31.7 Å². The van der Waals surface area contributed by atoms with Crippen LogP contribution in [0.1, 0.15) is 5.56 Å². The van der Waals surface area contributed by atoms with Crippen molar-refractivity contribution in [3.63, 3.8) is 0 Å². The third-order valence-corrected chi connectivity index (χ3v) is 4.39. The third-order valence-electron chi connectivity index (χ3n) is 3.31. The highest BCUT2D eigenvalue weighted by Crippen LogP contribution is 2.29. The van der Waals surface area contributed by atoms with E-state index in [1.807, 2.05) is 11.3 Å². The molecule has 0 unspecified atom stereocenters. The molecule has 2 aromatic rings. The number of anilines is 1. The fourth-order valence-corrected chi connectivity index (χ4v) is 3.27. The first kappa shape index (κ1) is 11.0. The lowest BCUT2D eigenvalue weighted by atomic mass is 10.2. The van der Waals surface area contributed by atoms with Crippen LogP contribution in [0.5, 0.6) is 0 Å². The molecule has 17 heavy (non-hydrogen) atoms. The van der Waals surface area contributed by atoms with E-state index in [4.69, 9.17) is 4.98 Å². The van der Waals surface area contributed by atoms with Gasteiger partial charge in [-0.3, -0.25) is 0 Å². The second-order valence-electron chi connectivity index (χ2n) is 4.76. The molecule has 0 aliphatic carbocycles. The maximum absolute atomic E-state index is 4.73. The first-order valence-electron chi connectivity index (χ1n) is 6.03. The Balaban J connectivity index is 1.90. The van der Waals surface area contributed by atoms with E-state index < -0.39 is 0 Å². The fraction of sp³-hybridized carbons (Fsp3) is 0.462. The van der Waals surface area contributed by atoms with Gasteiger partial charge in [-0.25, -0.2) is 4.98 Å². The quantitative estimate of drug-likeness (QED) is 0.771. The summed E-state index contributed by atoms with van der Waals surface area (Å²) in [5, 5.41) is 1.18. The standard InChI is InChI=1S/C13H17N3S/c1-10-3-4-11-12(9-10)17-13(14-11)16-7-5-15(2)6-8-16/h3-4,9H,5-8H2,1-2H3. The van der Waals surface area contributed by atoms with Crippen LogP contribution in [-0.2, 0) is 0 Å². The van der Waals surface area contributed by atoms with Crippen molar-refractivity contribution in [2.75, 3.05) is 38.1 Å². The molecule has 2 heterocycles. The number of benzene rings is 1. The van der Waals surface area contributed by atoms with E-state index in [-0.39, 0.29) is 0 Å².